The highest BCUT2D eigenvalue weighted by molar-refractivity contribution is 6.30. The normalized spacial score (nSPS) is 9.93. The molecule has 0 N–H and O–H groups in total. The minimum Gasteiger partial charge on any atom is -0.497 e. The van der Waals surface area contributed by atoms with Crippen molar-refractivity contribution < 1.29 is 37.4 Å². The lowest BCUT2D eigenvalue weighted by Gasteiger charge is -2.07. The molecule has 8 nitrogen and oxygen atoms in total. The summed E-state index contributed by atoms with van der Waals surface area (Å²) in [6.45, 7) is 4.15. The van der Waals surface area contributed by atoms with Crippen LogP contribution in [0.5, 0.6) is 11.5 Å². The minimum atomic E-state index is -0.461. The lowest BCUT2D eigenvalue weighted by Crippen LogP contribution is -2.02. The van der Waals surface area contributed by atoms with Crippen molar-refractivity contribution >= 4 is 46.7 Å². The zero-order valence-electron chi connectivity index (χ0n) is 23.1. The third kappa shape index (κ3) is 11.4. The number of carbonyl (C=O) groups excluding carboxylic acids is 2. The molecule has 11 heteroatoms. The van der Waals surface area contributed by atoms with Crippen LogP contribution in [-0.2, 0) is 21.8 Å². The average molecular weight is 626 g/mol. The monoisotopic (exact) mass is 624 g/mol. The topological polar surface area (TPSA) is 97.3 Å². The molecule has 41 heavy (non-hydrogen) atoms. The number of hydrogen-bond acceptors (Lipinski definition) is 8. The Labute approximate surface area is 254 Å². The number of benzene rings is 2. The molecule has 0 spiro atoms. The molecule has 0 radical (unpaired) electrons. The molecule has 0 unspecified atom stereocenters. The van der Waals surface area contributed by atoms with Gasteiger partial charge in [0.1, 0.15) is 23.0 Å². The van der Waals surface area contributed by atoms with Crippen molar-refractivity contribution in [1.82, 2.24) is 0 Å². The molecule has 2 heterocycles. The van der Waals surface area contributed by atoms with E-state index in [-0.39, 0.29) is 17.4 Å². The maximum Gasteiger partial charge on any atom is 0.374 e. The molecule has 0 bridgehead atoms. The van der Waals surface area contributed by atoms with Gasteiger partial charge in [-0.1, -0.05) is 23.2 Å². The maximum absolute atomic E-state index is 11.5. The van der Waals surface area contributed by atoms with Gasteiger partial charge in [-0.3, -0.25) is 0 Å². The number of methoxy groups -OCH3 is 2. The Bertz CT molecular complexity index is 1360. The lowest BCUT2D eigenvalue weighted by molar-refractivity contribution is 0.0480. The average Bonchev–Trinajstić information content (AvgIpc) is 3.65. The first-order valence-corrected chi connectivity index (χ1v) is 13.7. The van der Waals surface area contributed by atoms with E-state index in [0.717, 1.165) is 22.1 Å². The lowest BCUT2D eigenvalue weighted by atomic mass is 10.1. The van der Waals surface area contributed by atoms with E-state index in [0.29, 0.717) is 36.2 Å². The third-order valence-electron chi connectivity index (χ3n) is 5.06. The summed E-state index contributed by atoms with van der Waals surface area (Å²) in [5.74, 6) is 2.52. The highest BCUT2D eigenvalue weighted by Gasteiger charge is 2.14. The predicted molar refractivity (Wildman–Crippen MR) is 158 cm³/mol. The van der Waals surface area contributed by atoms with Crippen molar-refractivity contribution in [2.75, 3.05) is 27.4 Å². The molecule has 2 aromatic carbocycles. The zero-order valence-corrected chi connectivity index (χ0v) is 25.3. The van der Waals surface area contributed by atoms with Crippen molar-refractivity contribution in [2.24, 2.45) is 0 Å². The zero-order chi connectivity index (χ0) is 30.2. The highest BCUT2D eigenvalue weighted by Crippen LogP contribution is 2.26. The number of furan rings is 2. The minimum absolute atomic E-state index is 0.197. The Morgan fingerprint density at radius 2 is 1.24 bits per heavy atom. The molecule has 0 aliphatic carbocycles. The quantitative estimate of drug-likeness (QED) is 0.135. The van der Waals surface area contributed by atoms with Gasteiger partial charge >= 0.3 is 11.9 Å². The van der Waals surface area contributed by atoms with Gasteiger partial charge in [-0.25, -0.2) is 9.59 Å². The fourth-order valence-electron chi connectivity index (χ4n) is 3.19. The van der Waals surface area contributed by atoms with Gasteiger partial charge in [-0.15, -0.1) is 11.6 Å². The van der Waals surface area contributed by atoms with Crippen molar-refractivity contribution in [2.45, 2.75) is 26.1 Å². The summed E-state index contributed by atoms with van der Waals surface area (Å²) >= 11 is 17.1. The number of hydrogen-bond donors (Lipinski definition) is 0. The van der Waals surface area contributed by atoms with E-state index in [1.807, 2.05) is 18.2 Å². The van der Waals surface area contributed by atoms with Crippen LogP contribution >= 0.6 is 34.8 Å². The first-order valence-electron chi connectivity index (χ1n) is 12.4. The Balaban J connectivity index is 0.000000237. The van der Waals surface area contributed by atoms with Crippen LogP contribution in [0.1, 0.15) is 52.0 Å². The van der Waals surface area contributed by atoms with E-state index < -0.39 is 11.9 Å². The number of alkyl halides is 1. The van der Waals surface area contributed by atoms with Gasteiger partial charge in [0.25, 0.3) is 0 Å². The standard InChI is InChI=1S/C15H15ClO4.C8H9ClO3.C7H7ClO/c1-3-19-15(17)14-7-5-12(20-14)9-10-8-11(16)4-6-13(10)18-2;1-2-11-8(10)7-4-3-6(5-9)12-7;1-9-7-4-2-6(8)3-5-7/h4-8H,3,9H2,1-2H3;3-4H,2,5H2,1H3;2-5H,1H3. The molecule has 4 aromatic rings. The summed E-state index contributed by atoms with van der Waals surface area (Å²) in [5, 5.41) is 1.36. The van der Waals surface area contributed by atoms with E-state index in [4.69, 9.17) is 62.6 Å². The molecule has 0 aliphatic heterocycles. The molecular weight excluding hydrogens is 595 g/mol. The molecule has 0 saturated heterocycles. The number of carbonyl (C=O) groups is 2. The van der Waals surface area contributed by atoms with Crippen LogP contribution < -0.4 is 9.47 Å². The smallest absolute Gasteiger partial charge is 0.374 e. The molecular formula is C30H31Cl3O8. The Morgan fingerprint density at radius 3 is 1.73 bits per heavy atom. The summed E-state index contributed by atoms with van der Waals surface area (Å²) in [6.07, 6.45) is 0.489. The maximum atomic E-state index is 11.5. The van der Waals surface area contributed by atoms with Crippen molar-refractivity contribution in [3.05, 3.63) is 105 Å². The molecule has 0 atom stereocenters. The molecule has 0 fully saturated rings. The largest absolute Gasteiger partial charge is 0.497 e. The summed E-state index contributed by atoms with van der Waals surface area (Å²) < 4.78 is 30.3. The van der Waals surface area contributed by atoms with E-state index >= 15 is 0 Å². The molecule has 0 saturated carbocycles. The van der Waals surface area contributed by atoms with Gasteiger partial charge in [0, 0.05) is 22.0 Å². The van der Waals surface area contributed by atoms with Gasteiger partial charge in [0.2, 0.25) is 11.5 Å². The molecule has 0 amide bonds. The summed E-state index contributed by atoms with van der Waals surface area (Å²) in [6, 6.07) is 19.1. The molecule has 4 rings (SSSR count). The SMILES string of the molecule is CCOC(=O)c1ccc(CCl)o1.CCOC(=O)c1ccc(Cc2cc(Cl)ccc2OC)o1.COc1ccc(Cl)cc1. The number of halogens is 3. The fraction of sp³-hybridized carbons (Fsp3) is 0.267. The van der Waals surface area contributed by atoms with Gasteiger partial charge in [0.15, 0.2) is 0 Å². The fourth-order valence-corrected chi connectivity index (χ4v) is 3.65. The van der Waals surface area contributed by atoms with Crippen LogP contribution in [0.15, 0.2) is 75.6 Å². The van der Waals surface area contributed by atoms with Gasteiger partial charge < -0.3 is 27.8 Å². The third-order valence-corrected chi connectivity index (χ3v) is 5.82. The molecule has 0 aliphatic rings. The molecule has 220 valence electrons. The predicted octanol–water partition coefficient (Wildman–Crippen LogP) is 8.25. The van der Waals surface area contributed by atoms with Gasteiger partial charge in [-0.05, 0) is 80.6 Å². The van der Waals surface area contributed by atoms with Crippen molar-refractivity contribution in [3.8, 4) is 11.5 Å². The summed E-state index contributed by atoms with van der Waals surface area (Å²) in [5.41, 5.74) is 0.893. The molecule has 2 aromatic heterocycles. The summed E-state index contributed by atoms with van der Waals surface area (Å²) in [7, 11) is 3.22. The van der Waals surface area contributed by atoms with Crippen LogP contribution in [0, 0.1) is 0 Å². The van der Waals surface area contributed by atoms with Crippen LogP contribution in [0.3, 0.4) is 0 Å². The van der Waals surface area contributed by atoms with E-state index in [1.54, 1.807) is 76.6 Å². The second kappa shape index (κ2) is 18.0. The van der Waals surface area contributed by atoms with Crippen LogP contribution in [0.4, 0.5) is 0 Å². The highest BCUT2D eigenvalue weighted by atomic mass is 35.5. The second-order valence-corrected chi connectivity index (χ2v) is 9.04. The first-order chi connectivity index (χ1) is 19.7. The number of esters is 2. The van der Waals surface area contributed by atoms with Crippen molar-refractivity contribution in [3.63, 3.8) is 0 Å². The van der Waals surface area contributed by atoms with Crippen LogP contribution in [0.25, 0.3) is 0 Å². The number of rotatable bonds is 9. The Hall–Kier alpha value is -3.59. The van der Waals surface area contributed by atoms with E-state index in [9.17, 15) is 9.59 Å². The van der Waals surface area contributed by atoms with Gasteiger partial charge in [-0.2, -0.15) is 0 Å². The summed E-state index contributed by atoms with van der Waals surface area (Å²) in [4.78, 5) is 22.5. The number of ether oxygens (including phenoxy) is 4. The first kappa shape index (κ1) is 33.6. The Morgan fingerprint density at radius 1 is 0.707 bits per heavy atom. The van der Waals surface area contributed by atoms with Crippen LogP contribution in [0.2, 0.25) is 10.0 Å². The van der Waals surface area contributed by atoms with E-state index in [2.05, 4.69) is 0 Å². The van der Waals surface area contributed by atoms with Gasteiger partial charge in [0.05, 0.1) is 33.3 Å². The van der Waals surface area contributed by atoms with Crippen LogP contribution in [-0.4, -0.2) is 39.4 Å². The Kier molecular flexibility index (Phi) is 14.7. The van der Waals surface area contributed by atoms with Crippen molar-refractivity contribution in [1.29, 1.82) is 0 Å². The second-order valence-electron chi connectivity index (χ2n) is 7.90. The van der Waals surface area contributed by atoms with E-state index in [1.165, 1.54) is 0 Å².